The van der Waals surface area contributed by atoms with Crippen LogP contribution in [0.5, 0.6) is 0 Å². The minimum absolute atomic E-state index is 0.222. The van der Waals surface area contributed by atoms with Gasteiger partial charge < -0.3 is 5.11 Å². The van der Waals surface area contributed by atoms with Gasteiger partial charge in [-0.15, -0.1) is 0 Å². The Labute approximate surface area is 90.7 Å². The number of aliphatic hydroxyl groups is 1. The lowest BCUT2D eigenvalue weighted by Gasteiger charge is -2.10. The van der Waals surface area contributed by atoms with E-state index in [9.17, 15) is 13.5 Å². The molecule has 1 rings (SSSR count). The number of benzene rings is 1. The van der Waals surface area contributed by atoms with Crippen molar-refractivity contribution in [2.45, 2.75) is 19.4 Å². The Kier molecular flexibility index (Phi) is 3.88. The number of aliphatic hydroxyl groups excluding tert-OH is 1. The lowest BCUT2D eigenvalue weighted by atomic mass is 10.1. The van der Waals surface area contributed by atoms with Crippen LogP contribution in [-0.4, -0.2) is 25.5 Å². The highest BCUT2D eigenvalue weighted by atomic mass is 32.2. The first kappa shape index (κ1) is 12.2. The fraction of sp³-hybridized carbons (Fsp3) is 0.455. The lowest BCUT2D eigenvalue weighted by Crippen LogP contribution is -2.12. The van der Waals surface area contributed by atoms with E-state index in [1.807, 2.05) is 25.1 Å². The summed E-state index contributed by atoms with van der Waals surface area (Å²) in [6.07, 6.45) is 1.07. The van der Waals surface area contributed by atoms with Gasteiger partial charge in [-0.1, -0.05) is 31.2 Å². The molecule has 0 spiro atoms. The van der Waals surface area contributed by atoms with Gasteiger partial charge in [-0.05, 0) is 17.5 Å². The summed E-state index contributed by atoms with van der Waals surface area (Å²) in [6.45, 7) is 2.02. The zero-order valence-corrected chi connectivity index (χ0v) is 9.79. The van der Waals surface area contributed by atoms with E-state index >= 15 is 0 Å². The highest BCUT2D eigenvalue weighted by Gasteiger charge is 2.14. The topological polar surface area (TPSA) is 54.4 Å². The van der Waals surface area contributed by atoms with Crippen LogP contribution in [-0.2, 0) is 16.3 Å². The summed E-state index contributed by atoms with van der Waals surface area (Å²) in [4.78, 5) is 0. The van der Waals surface area contributed by atoms with E-state index in [2.05, 4.69) is 0 Å². The van der Waals surface area contributed by atoms with Gasteiger partial charge in [0.25, 0.3) is 0 Å². The maximum absolute atomic E-state index is 11.0. The molecule has 0 radical (unpaired) electrons. The van der Waals surface area contributed by atoms with Gasteiger partial charge in [0.15, 0.2) is 0 Å². The van der Waals surface area contributed by atoms with Gasteiger partial charge in [0.05, 0.1) is 11.9 Å². The third kappa shape index (κ3) is 4.01. The third-order valence-electron chi connectivity index (χ3n) is 2.20. The normalized spacial score (nSPS) is 13.8. The SMILES string of the molecule is CCc1cccc(C(O)CS(C)(=O)=O)c1. The van der Waals surface area contributed by atoms with Crippen molar-refractivity contribution in [1.29, 1.82) is 0 Å². The molecule has 1 atom stereocenters. The zero-order valence-electron chi connectivity index (χ0n) is 8.97. The molecule has 0 bridgehead atoms. The van der Waals surface area contributed by atoms with Crippen LogP contribution in [0.4, 0.5) is 0 Å². The van der Waals surface area contributed by atoms with E-state index in [0.717, 1.165) is 18.2 Å². The molecule has 0 aliphatic rings. The van der Waals surface area contributed by atoms with Gasteiger partial charge in [-0.25, -0.2) is 8.42 Å². The van der Waals surface area contributed by atoms with Crippen molar-refractivity contribution >= 4 is 9.84 Å². The van der Waals surface area contributed by atoms with Crippen molar-refractivity contribution in [2.75, 3.05) is 12.0 Å². The van der Waals surface area contributed by atoms with Crippen LogP contribution in [0.3, 0.4) is 0 Å². The van der Waals surface area contributed by atoms with E-state index in [4.69, 9.17) is 0 Å². The molecule has 0 aliphatic heterocycles. The van der Waals surface area contributed by atoms with Crippen molar-refractivity contribution in [3.05, 3.63) is 35.4 Å². The predicted molar refractivity (Wildman–Crippen MR) is 60.5 cm³/mol. The summed E-state index contributed by atoms with van der Waals surface area (Å²) in [7, 11) is -3.14. The van der Waals surface area contributed by atoms with Gasteiger partial charge in [0.2, 0.25) is 0 Å². The van der Waals surface area contributed by atoms with Gasteiger partial charge >= 0.3 is 0 Å². The van der Waals surface area contributed by atoms with Crippen molar-refractivity contribution < 1.29 is 13.5 Å². The number of sulfone groups is 1. The van der Waals surface area contributed by atoms with Crippen LogP contribution >= 0.6 is 0 Å². The van der Waals surface area contributed by atoms with Crippen LogP contribution < -0.4 is 0 Å². The monoisotopic (exact) mass is 228 g/mol. The zero-order chi connectivity index (χ0) is 11.5. The molecule has 1 aromatic carbocycles. The highest BCUT2D eigenvalue weighted by Crippen LogP contribution is 2.16. The Bertz CT molecular complexity index is 423. The molecule has 0 saturated carbocycles. The second-order valence-corrected chi connectivity index (χ2v) is 5.89. The number of hydrogen-bond acceptors (Lipinski definition) is 3. The van der Waals surface area contributed by atoms with Crippen molar-refractivity contribution in [2.24, 2.45) is 0 Å². The fourth-order valence-corrected chi connectivity index (χ4v) is 2.17. The summed E-state index contributed by atoms with van der Waals surface area (Å²) in [6, 6.07) is 7.38. The van der Waals surface area contributed by atoms with Crippen molar-refractivity contribution in [3.8, 4) is 0 Å². The molecule has 0 saturated heterocycles. The van der Waals surface area contributed by atoms with E-state index < -0.39 is 15.9 Å². The van der Waals surface area contributed by atoms with Crippen LogP contribution in [0.1, 0.15) is 24.2 Å². The first-order chi connectivity index (χ1) is 6.92. The van der Waals surface area contributed by atoms with Crippen LogP contribution in [0.25, 0.3) is 0 Å². The predicted octanol–water partition coefficient (Wildman–Crippen LogP) is 1.33. The fourth-order valence-electron chi connectivity index (χ4n) is 1.40. The average Bonchev–Trinajstić information content (AvgIpc) is 2.15. The minimum atomic E-state index is -3.14. The molecule has 15 heavy (non-hydrogen) atoms. The Balaban J connectivity index is 2.86. The largest absolute Gasteiger partial charge is 0.387 e. The molecular weight excluding hydrogens is 212 g/mol. The molecule has 0 aliphatic carbocycles. The van der Waals surface area contributed by atoms with E-state index in [0.29, 0.717) is 5.56 Å². The molecule has 1 aromatic rings. The maximum atomic E-state index is 11.0. The van der Waals surface area contributed by atoms with Gasteiger partial charge in [-0.3, -0.25) is 0 Å². The van der Waals surface area contributed by atoms with E-state index in [1.165, 1.54) is 0 Å². The van der Waals surface area contributed by atoms with Crippen molar-refractivity contribution in [3.63, 3.8) is 0 Å². The number of aryl methyl sites for hydroxylation is 1. The second kappa shape index (κ2) is 4.77. The first-order valence-electron chi connectivity index (χ1n) is 4.87. The molecule has 0 heterocycles. The summed E-state index contributed by atoms with van der Waals surface area (Å²) < 4.78 is 22.0. The molecule has 84 valence electrons. The standard InChI is InChI=1S/C11H16O3S/c1-3-9-5-4-6-10(7-9)11(12)8-15(2,13)14/h4-7,11-12H,3,8H2,1-2H3. The van der Waals surface area contributed by atoms with Crippen LogP contribution in [0.2, 0.25) is 0 Å². The lowest BCUT2D eigenvalue weighted by molar-refractivity contribution is 0.202. The number of rotatable bonds is 4. The Morgan fingerprint density at radius 1 is 1.40 bits per heavy atom. The second-order valence-electron chi connectivity index (χ2n) is 3.71. The van der Waals surface area contributed by atoms with Gasteiger partial charge in [0, 0.05) is 6.26 Å². The van der Waals surface area contributed by atoms with E-state index in [1.54, 1.807) is 6.07 Å². The molecular formula is C11H16O3S. The molecule has 3 nitrogen and oxygen atoms in total. The van der Waals surface area contributed by atoms with Crippen LogP contribution in [0.15, 0.2) is 24.3 Å². The first-order valence-corrected chi connectivity index (χ1v) is 6.93. The van der Waals surface area contributed by atoms with Crippen LogP contribution in [0, 0.1) is 0 Å². The maximum Gasteiger partial charge on any atom is 0.150 e. The molecule has 1 N–H and O–H groups in total. The molecule has 4 heteroatoms. The summed E-state index contributed by atoms with van der Waals surface area (Å²) in [5, 5.41) is 9.70. The summed E-state index contributed by atoms with van der Waals surface area (Å²) in [5.74, 6) is -0.222. The van der Waals surface area contributed by atoms with Crippen molar-refractivity contribution in [1.82, 2.24) is 0 Å². The van der Waals surface area contributed by atoms with Gasteiger partial charge in [0.1, 0.15) is 9.84 Å². The number of hydrogen-bond donors (Lipinski definition) is 1. The minimum Gasteiger partial charge on any atom is -0.387 e. The Morgan fingerprint density at radius 3 is 2.60 bits per heavy atom. The Hall–Kier alpha value is -0.870. The van der Waals surface area contributed by atoms with E-state index in [-0.39, 0.29) is 5.75 Å². The molecule has 1 unspecified atom stereocenters. The Morgan fingerprint density at radius 2 is 2.07 bits per heavy atom. The summed E-state index contributed by atoms with van der Waals surface area (Å²) >= 11 is 0. The molecule has 0 aromatic heterocycles. The quantitative estimate of drug-likeness (QED) is 0.845. The third-order valence-corrected chi connectivity index (χ3v) is 3.13. The van der Waals surface area contributed by atoms with Gasteiger partial charge in [-0.2, -0.15) is 0 Å². The highest BCUT2D eigenvalue weighted by molar-refractivity contribution is 7.90. The molecule has 0 fully saturated rings. The molecule has 0 amide bonds. The smallest absolute Gasteiger partial charge is 0.150 e. The average molecular weight is 228 g/mol. The summed E-state index contributed by atoms with van der Waals surface area (Å²) in [5.41, 5.74) is 1.76.